The molecule has 0 N–H and O–H groups in total. The van der Waals surface area contributed by atoms with Crippen LogP contribution < -0.4 is 4.74 Å². The molecular formula is C25H26F3NO. The van der Waals surface area contributed by atoms with Gasteiger partial charge < -0.3 is 4.74 Å². The highest BCUT2D eigenvalue weighted by atomic mass is 19.3. The Hall–Kier alpha value is -2.74. The third kappa shape index (κ3) is 5.44. The molecule has 3 rings (SSSR count). The smallest absolute Gasteiger partial charge is 0.426 e. The molecule has 0 aromatic heterocycles. The summed E-state index contributed by atoms with van der Waals surface area (Å²) in [4.78, 5) is 0. The van der Waals surface area contributed by atoms with Crippen molar-refractivity contribution in [1.82, 2.24) is 0 Å². The zero-order valence-electron chi connectivity index (χ0n) is 17.1. The first-order valence-corrected chi connectivity index (χ1v) is 10.5. The van der Waals surface area contributed by atoms with E-state index in [2.05, 4.69) is 19.1 Å². The molecule has 0 saturated heterocycles. The van der Waals surface area contributed by atoms with Crippen LogP contribution in [0.1, 0.15) is 68.1 Å². The molecule has 0 atom stereocenters. The highest BCUT2D eigenvalue weighted by Gasteiger charge is 2.35. The summed E-state index contributed by atoms with van der Waals surface area (Å²) in [6.07, 6.45) is 7.62. The molecule has 2 aromatic rings. The number of allylic oxidation sites excluding steroid dienone is 2. The van der Waals surface area contributed by atoms with Gasteiger partial charge in [-0.15, -0.1) is 0 Å². The lowest BCUT2D eigenvalue weighted by Gasteiger charge is -2.27. The molecule has 1 aliphatic carbocycles. The zero-order valence-corrected chi connectivity index (χ0v) is 17.1. The van der Waals surface area contributed by atoms with Crippen LogP contribution in [0, 0.1) is 23.1 Å². The molecule has 1 saturated carbocycles. The predicted octanol–water partition coefficient (Wildman–Crippen LogP) is 7.46. The summed E-state index contributed by atoms with van der Waals surface area (Å²) in [5.74, 6) is -0.203. The SMILES string of the molecule is CCCC=CC1CCC(c2ccc(C(F)(F)Oc3ccc(C#N)c(F)c3)cc2)CC1. The quantitative estimate of drug-likeness (QED) is 0.442. The first-order valence-electron chi connectivity index (χ1n) is 10.5. The molecule has 0 heterocycles. The fourth-order valence-corrected chi connectivity index (χ4v) is 3.91. The molecule has 0 radical (unpaired) electrons. The Labute approximate surface area is 176 Å². The van der Waals surface area contributed by atoms with Crippen molar-refractivity contribution in [2.75, 3.05) is 0 Å². The van der Waals surface area contributed by atoms with Crippen molar-refractivity contribution in [1.29, 1.82) is 5.26 Å². The second-order valence-corrected chi connectivity index (χ2v) is 7.82. The van der Waals surface area contributed by atoms with Crippen molar-refractivity contribution in [2.45, 2.75) is 57.5 Å². The van der Waals surface area contributed by atoms with Gasteiger partial charge in [0.05, 0.1) is 11.1 Å². The summed E-state index contributed by atoms with van der Waals surface area (Å²) in [6, 6.07) is 11.0. The maximum atomic E-state index is 14.5. The molecule has 158 valence electrons. The Morgan fingerprint density at radius 1 is 1.10 bits per heavy atom. The highest BCUT2D eigenvalue weighted by molar-refractivity contribution is 5.37. The van der Waals surface area contributed by atoms with Crippen LogP contribution in [0.25, 0.3) is 0 Å². The molecule has 0 spiro atoms. The van der Waals surface area contributed by atoms with E-state index in [0.717, 1.165) is 62.3 Å². The van der Waals surface area contributed by atoms with Crippen LogP contribution in [-0.2, 0) is 6.11 Å². The molecule has 2 nitrogen and oxygen atoms in total. The molecule has 5 heteroatoms. The minimum absolute atomic E-state index is 0.217. The lowest BCUT2D eigenvalue weighted by Crippen LogP contribution is -2.22. The number of rotatable bonds is 7. The van der Waals surface area contributed by atoms with Crippen molar-refractivity contribution >= 4 is 0 Å². The Morgan fingerprint density at radius 2 is 1.80 bits per heavy atom. The Bertz CT molecular complexity index is 907. The predicted molar refractivity (Wildman–Crippen MR) is 111 cm³/mol. The van der Waals surface area contributed by atoms with Gasteiger partial charge in [-0.3, -0.25) is 0 Å². The standard InChI is InChI=1S/C25H26F3NO/c1-2-3-4-5-18-6-8-19(9-7-18)20-10-13-22(14-11-20)25(27,28)30-23-15-12-21(17-29)24(26)16-23/h4-5,10-16,18-19H,2-3,6-9H2,1H3. The molecule has 0 bridgehead atoms. The molecule has 1 fully saturated rings. The van der Waals surface area contributed by atoms with Crippen LogP contribution in [0.2, 0.25) is 0 Å². The summed E-state index contributed by atoms with van der Waals surface area (Å²) >= 11 is 0. The van der Waals surface area contributed by atoms with E-state index >= 15 is 0 Å². The molecular weight excluding hydrogens is 387 g/mol. The van der Waals surface area contributed by atoms with E-state index in [4.69, 9.17) is 10.00 Å². The topological polar surface area (TPSA) is 33.0 Å². The molecule has 2 aromatic carbocycles. The fourth-order valence-electron chi connectivity index (χ4n) is 3.91. The Balaban J connectivity index is 1.62. The molecule has 30 heavy (non-hydrogen) atoms. The summed E-state index contributed by atoms with van der Waals surface area (Å²) < 4.78 is 47.4. The van der Waals surface area contributed by atoms with Gasteiger partial charge in [0.25, 0.3) is 0 Å². The van der Waals surface area contributed by atoms with E-state index in [1.807, 2.05) is 0 Å². The second-order valence-electron chi connectivity index (χ2n) is 7.82. The maximum Gasteiger partial charge on any atom is 0.426 e. The third-order valence-electron chi connectivity index (χ3n) is 5.66. The van der Waals surface area contributed by atoms with Crippen molar-refractivity contribution in [3.8, 4) is 11.8 Å². The van der Waals surface area contributed by atoms with Crippen LogP contribution in [-0.4, -0.2) is 0 Å². The van der Waals surface area contributed by atoms with Gasteiger partial charge in [0, 0.05) is 6.07 Å². The van der Waals surface area contributed by atoms with Gasteiger partial charge in [0.1, 0.15) is 17.6 Å². The van der Waals surface area contributed by atoms with E-state index < -0.39 is 11.9 Å². The van der Waals surface area contributed by atoms with Crippen molar-refractivity contribution in [2.24, 2.45) is 5.92 Å². The lowest BCUT2D eigenvalue weighted by molar-refractivity contribution is -0.185. The monoisotopic (exact) mass is 413 g/mol. The third-order valence-corrected chi connectivity index (χ3v) is 5.66. The number of hydrogen-bond acceptors (Lipinski definition) is 2. The highest BCUT2D eigenvalue weighted by Crippen LogP contribution is 2.38. The van der Waals surface area contributed by atoms with Crippen molar-refractivity contribution in [3.05, 3.63) is 77.1 Å². The molecule has 0 amide bonds. The van der Waals surface area contributed by atoms with Crippen molar-refractivity contribution in [3.63, 3.8) is 0 Å². The number of nitriles is 1. The number of benzene rings is 2. The summed E-state index contributed by atoms with van der Waals surface area (Å²) in [5, 5.41) is 8.73. The Morgan fingerprint density at radius 3 is 2.40 bits per heavy atom. The van der Waals surface area contributed by atoms with Gasteiger partial charge in [-0.05, 0) is 73.8 Å². The summed E-state index contributed by atoms with van der Waals surface area (Å²) in [7, 11) is 0. The van der Waals surface area contributed by atoms with Gasteiger partial charge in [0.2, 0.25) is 0 Å². The summed E-state index contributed by atoms with van der Waals surface area (Å²) in [6.45, 7) is 2.17. The van der Waals surface area contributed by atoms with Gasteiger partial charge in [0.15, 0.2) is 0 Å². The van der Waals surface area contributed by atoms with E-state index in [9.17, 15) is 13.2 Å². The van der Waals surface area contributed by atoms with Gasteiger partial charge in [-0.25, -0.2) is 4.39 Å². The first-order chi connectivity index (χ1) is 14.4. The largest absolute Gasteiger partial charge is 0.429 e. The van der Waals surface area contributed by atoms with Crippen LogP contribution in [0.15, 0.2) is 54.6 Å². The number of unbranched alkanes of at least 4 members (excludes halogenated alkanes) is 1. The molecule has 0 unspecified atom stereocenters. The van der Waals surface area contributed by atoms with Crippen LogP contribution in [0.3, 0.4) is 0 Å². The second kappa shape index (κ2) is 9.84. The van der Waals surface area contributed by atoms with E-state index in [1.165, 1.54) is 12.1 Å². The molecule has 0 aliphatic heterocycles. The minimum Gasteiger partial charge on any atom is -0.429 e. The van der Waals surface area contributed by atoms with Crippen LogP contribution in [0.5, 0.6) is 5.75 Å². The normalized spacial score (nSPS) is 19.6. The Kier molecular flexibility index (Phi) is 7.20. The van der Waals surface area contributed by atoms with E-state index in [0.29, 0.717) is 11.8 Å². The molecule has 1 aliphatic rings. The fraction of sp³-hybridized carbons (Fsp3) is 0.400. The van der Waals surface area contributed by atoms with Crippen LogP contribution in [0.4, 0.5) is 13.2 Å². The number of nitrogens with zero attached hydrogens (tertiary/aromatic N) is 1. The van der Waals surface area contributed by atoms with Gasteiger partial charge in [-0.1, -0.05) is 37.6 Å². The average Bonchev–Trinajstić information content (AvgIpc) is 2.74. The number of alkyl halides is 2. The van der Waals surface area contributed by atoms with Gasteiger partial charge >= 0.3 is 6.11 Å². The number of ether oxygens (including phenoxy) is 1. The number of hydrogen-bond donors (Lipinski definition) is 0. The van der Waals surface area contributed by atoms with E-state index in [-0.39, 0.29) is 16.9 Å². The van der Waals surface area contributed by atoms with Crippen LogP contribution >= 0.6 is 0 Å². The first kappa shape index (κ1) is 22.0. The maximum absolute atomic E-state index is 14.5. The zero-order chi connectivity index (χ0) is 21.6. The van der Waals surface area contributed by atoms with Crippen molar-refractivity contribution < 1.29 is 17.9 Å². The minimum atomic E-state index is -3.60. The number of halogens is 3. The average molecular weight is 413 g/mol. The van der Waals surface area contributed by atoms with E-state index in [1.54, 1.807) is 18.2 Å². The lowest BCUT2D eigenvalue weighted by atomic mass is 9.78. The summed E-state index contributed by atoms with van der Waals surface area (Å²) in [5.41, 5.74) is 0.563. The van der Waals surface area contributed by atoms with Gasteiger partial charge in [-0.2, -0.15) is 14.0 Å².